The van der Waals surface area contributed by atoms with Gasteiger partial charge in [0.15, 0.2) is 0 Å². The summed E-state index contributed by atoms with van der Waals surface area (Å²) in [6.45, 7) is 2.07. The second-order valence-electron chi connectivity index (χ2n) is 6.95. The van der Waals surface area contributed by atoms with Crippen LogP contribution in [0.3, 0.4) is 0 Å². The van der Waals surface area contributed by atoms with E-state index in [1.807, 2.05) is 42.5 Å². The normalized spacial score (nSPS) is 10.6. The first-order valence-electron chi connectivity index (χ1n) is 10.3. The number of nitrogens with one attached hydrogen (secondary N) is 1. The molecule has 0 unspecified atom stereocenters. The Morgan fingerprint density at radius 1 is 0.939 bits per heavy atom. The molecule has 8 nitrogen and oxygen atoms in total. The number of nitrogens with zero attached hydrogens (tertiary/aromatic N) is 4. The Hall–Kier alpha value is -3.98. The summed E-state index contributed by atoms with van der Waals surface area (Å²) in [6, 6.07) is 23.6. The minimum Gasteiger partial charge on any atom is -0.462 e. The van der Waals surface area contributed by atoms with Crippen molar-refractivity contribution in [3.05, 3.63) is 95.6 Å². The summed E-state index contributed by atoms with van der Waals surface area (Å²) in [5, 5.41) is 15.5. The minimum atomic E-state index is -0.387. The molecule has 4 rings (SSSR count). The summed E-state index contributed by atoms with van der Waals surface area (Å²) in [6.07, 6.45) is 0. The first-order chi connectivity index (χ1) is 16.1. The molecule has 1 amide bonds. The number of para-hydroxylation sites is 1. The van der Waals surface area contributed by atoms with E-state index in [4.69, 9.17) is 4.74 Å². The van der Waals surface area contributed by atoms with Gasteiger partial charge in [-0.25, -0.2) is 4.79 Å². The van der Waals surface area contributed by atoms with Gasteiger partial charge in [-0.1, -0.05) is 42.1 Å². The van der Waals surface area contributed by atoms with Crippen molar-refractivity contribution >= 4 is 29.3 Å². The summed E-state index contributed by atoms with van der Waals surface area (Å²) < 4.78 is 6.66. The number of rotatable bonds is 8. The molecule has 0 spiro atoms. The van der Waals surface area contributed by atoms with E-state index >= 15 is 0 Å². The van der Waals surface area contributed by atoms with Crippen LogP contribution in [0.15, 0.2) is 84.0 Å². The monoisotopic (exact) mass is 459 g/mol. The van der Waals surface area contributed by atoms with E-state index in [1.165, 1.54) is 11.8 Å². The molecule has 0 aliphatic heterocycles. The van der Waals surface area contributed by atoms with Gasteiger partial charge in [0.05, 0.1) is 17.9 Å². The van der Waals surface area contributed by atoms with Crippen LogP contribution in [0.5, 0.6) is 0 Å². The van der Waals surface area contributed by atoms with E-state index < -0.39 is 0 Å². The van der Waals surface area contributed by atoms with E-state index in [-0.39, 0.29) is 11.9 Å². The maximum atomic E-state index is 12.6. The van der Waals surface area contributed by atoms with Gasteiger partial charge in [-0.2, -0.15) is 4.68 Å². The Morgan fingerprint density at radius 2 is 1.64 bits per heavy atom. The highest BCUT2D eigenvalue weighted by Crippen LogP contribution is 2.23. The molecule has 1 heterocycles. The molecule has 0 atom stereocenters. The van der Waals surface area contributed by atoms with Crippen molar-refractivity contribution in [3.8, 4) is 5.69 Å². The Kier molecular flexibility index (Phi) is 7.11. The largest absolute Gasteiger partial charge is 0.462 e. The zero-order valence-corrected chi connectivity index (χ0v) is 18.7. The van der Waals surface area contributed by atoms with Crippen LogP contribution in [0.25, 0.3) is 5.69 Å². The van der Waals surface area contributed by atoms with Crippen LogP contribution < -0.4 is 5.32 Å². The smallest absolute Gasteiger partial charge is 0.338 e. The standard InChI is InChI=1S/C24H21N5O3S/c1-2-32-23(31)19-12-14-20(15-13-19)25-22(30)18-10-8-17(9-11-18)16-33-24-26-27-28-29(24)21-6-4-3-5-7-21/h3-15H,2,16H2,1H3,(H,25,30). The number of carbonyl (C=O) groups is 2. The number of hydrogen-bond donors (Lipinski definition) is 1. The van der Waals surface area contributed by atoms with Crippen molar-refractivity contribution < 1.29 is 14.3 Å². The number of thioether (sulfide) groups is 1. The lowest BCUT2D eigenvalue weighted by molar-refractivity contribution is 0.0526. The van der Waals surface area contributed by atoms with Crippen LogP contribution >= 0.6 is 11.8 Å². The van der Waals surface area contributed by atoms with Crippen molar-refractivity contribution in [2.45, 2.75) is 17.8 Å². The van der Waals surface area contributed by atoms with Crippen molar-refractivity contribution in [2.75, 3.05) is 11.9 Å². The Bertz CT molecular complexity index is 1230. The average Bonchev–Trinajstić information content (AvgIpc) is 3.33. The average molecular weight is 460 g/mol. The molecule has 0 aliphatic carbocycles. The van der Waals surface area contributed by atoms with Crippen molar-refractivity contribution in [1.29, 1.82) is 0 Å². The van der Waals surface area contributed by atoms with Gasteiger partial charge in [0.1, 0.15) is 0 Å². The van der Waals surface area contributed by atoms with Gasteiger partial charge in [0, 0.05) is 17.0 Å². The fourth-order valence-electron chi connectivity index (χ4n) is 3.01. The number of carbonyl (C=O) groups excluding carboxylic acids is 2. The number of anilines is 1. The maximum absolute atomic E-state index is 12.6. The van der Waals surface area contributed by atoms with E-state index in [0.717, 1.165) is 11.3 Å². The molecular formula is C24H21N5O3S. The summed E-state index contributed by atoms with van der Waals surface area (Å²) in [7, 11) is 0. The SMILES string of the molecule is CCOC(=O)c1ccc(NC(=O)c2ccc(CSc3nnnn3-c3ccccc3)cc2)cc1. The third-order valence-corrected chi connectivity index (χ3v) is 5.67. The lowest BCUT2D eigenvalue weighted by atomic mass is 10.1. The Balaban J connectivity index is 1.34. The van der Waals surface area contributed by atoms with Gasteiger partial charge in [0.2, 0.25) is 5.16 Å². The molecule has 0 bridgehead atoms. The van der Waals surface area contributed by atoms with Crippen LogP contribution in [0, 0.1) is 0 Å². The summed E-state index contributed by atoms with van der Waals surface area (Å²) in [5.74, 6) is 0.0393. The van der Waals surface area contributed by atoms with Crippen LogP contribution in [0.4, 0.5) is 5.69 Å². The van der Waals surface area contributed by atoms with E-state index in [1.54, 1.807) is 48.0 Å². The minimum absolute atomic E-state index is 0.230. The number of ether oxygens (including phenoxy) is 1. The lowest BCUT2D eigenvalue weighted by Gasteiger charge is -2.08. The first kappa shape index (κ1) is 22.2. The number of tetrazole rings is 1. The molecule has 0 aliphatic rings. The second-order valence-corrected chi connectivity index (χ2v) is 7.89. The lowest BCUT2D eigenvalue weighted by Crippen LogP contribution is -2.12. The predicted molar refractivity (Wildman–Crippen MR) is 126 cm³/mol. The second kappa shape index (κ2) is 10.6. The fourth-order valence-corrected chi connectivity index (χ4v) is 3.85. The maximum Gasteiger partial charge on any atom is 0.338 e. The molecular weight excluding hydrogens is 438 g/mol. The van der Waals surface area contributed by atoms with Crippen LogP contribution in [0.1, 0.15) is 33.2 Å². The van der Waals surface area contributed by atoms with Crippen molar-refractivity contribution in [2.24, 2.45) is 0 Å². The molecule has 0 radical (unpaired) electrons. The highest BCUT2D eigenvalue weighted by Gasteiger charge is 2.11. The van der Waals surface area contributed by atoms with Crippen molar-refractivity contribution in [1.82, 2.24) is 20.2 Å². The fraction of sp³-hybridized carbons (Fsp3) is 0.125. The number of benzene rings is 3. The summed E-state index contributed by atoms with van der Waals surface area (Å²) in [5.41, 5.74) is 3.51. The zero-order chi connectivity index (χ0) is 23.0. The Morgan fingerprint density at radius 3 is 2.33 bits per heavy atom. The molecule has 4 aromatic rings. The molecule has 0 fully saturated rings. The predicted octanol–water partition coefficient (Wildman–Crippen LogP) is 4.38. The van der Waals surface area contributed by atoms with Gasteiger partial charge in [-0.3, -0.25) is 4.79 Å². The first-order valence-corrected chi connectivity index (χ1v) is 11.3. The van der Waals surface area contributed by atoms with Gasteiger partial charge in [-0.05, 0) is 71.4 Å². The van der Waals surface area contributed by atoms with Crippen LogP contribution in [-0.4, -0.2) is 38.7 Å². The zero-order valence-electron chi connectivity index (χ0n) is 17.8. The van der Waals surface area contributed by atoms with Gasteiger partial charge >= 0.3 is 5.97 Å². The molecule has 33 heavy (non-hydrogen) atoms. The molecule has 166 valence electrons. The summed E-state index contributed by atoms with van der Waals surface area (Å²) in [4.78, 5) is 24.3. The molecule has 0 saturated heterocycles. The highest BCUT2D eigenvalue weighted by molar-refractivity contribution is 7.98. The topological polar surface area (TPSA) is 99.0 Å². The number of aromatic nitrogens is 4. The molecule has 1 aromatic heterocycles. The summed E-state index contributed by atoms with van der Waals surface area (Å²) >= 11 is 1.51. The van der Waals surface area contributed by atoms with E-state index in [2.05, 4.69) is 20.8 Å². The third-order valence-electron chi connectivity index (χ3n) is 4.68. The number of hydrogen-bond acceptors (Lipinski definition) is 7. The molecule has 1 N–H and O–H groups in total. The third kappa shape index (κ3) is 5.64. The quantitative estimate of drug-likeness (QED) is 0.308. The molecule has 9 heteroatoms. The van der Waals surface area contributed by atoms with E-state index in [9.17, 15) is 9.59 Å². The van der Waals surface area contributed by atoms with Crippen LogP contribution in [-0.2, 0) is 10.5 Å². The number of amides is 1. The highest BCUT2D eigenvalue weighted by atomic mass is 32.2. The van der Waals surface area contributed by atoms with E-state index in [0.29, 0.717) is 34.3 Å². The Labute approximate surface area is 195 Å². The number of esters is 1. The van der Waals surface area contributed by atoms with Gasteiger partial charge in [0.25, 0.3) is 5.91 Å². The molecule has 0 saturated carbocycles. The van der Waals surface area contributed by atoms with Crippen LogP contribution in [0.2, 0.25) is 0 Å². The van der Waals surface area contributed by atoms with Gasteiger partial charge < -0.3 is 10.1 Å². The van der Waals surface area contributed by atoms with Crippen molar-refractivity contribution in [3.63, 3.8) is 0 Å². The molecule has 3 aromatic carbocycles. The van der Waals surface area contributed by atoms with Gasteiger partial charge in [-0.15, -0.1) is 5.10 Å².